The molecule has 2 N–H and O–H groups in total. The van der Waals surface area contributed by atoms with Gasteiger partial charge in [0, 0.05) is 23.4 Å². The van der Waals surface area contributed by atoms with Crippen LogP contribution in [-0.4, -0.2) is 29.6 Å². The minimum Gasteiger partial charge on any atom is -0.384 e. The minimum atomic E-state index is -0.163. The van der Waals surface area contributed by atoms with Crippen molar-refractivity contribution >= 4 is 23.4 Å². The third-order valence-electron chi connectivity index (χ3n) is 2.21. The average Bonchev–Trinajstić information content (AvgIpc) is 2.33. The number of aliphatic hydroxyl groups is 1. The molecule has 0 aliphatic rings. The number of rotatable bonds is 4. The van der Waals surface area contributed by atoms with Gasteiger partial charge in [0.25, 0.3) is 0 Å². The van der Waals surface area contributed by atoms with Crippen LogP contribution in [0.15, 0.2) is 18.2 Å². The molecule has 0 heterocycles. The third kappa shape index (κ3) is 5.26. The van der Waals surface area contributed by atoms with Gasteiger partial charge in [-0.05, 0) is 36.9 Å². The fourth-order valence-corrected chi connectivity index (χ4v) is 1.88. The molecular formula is C14H17NO2S. The van der Waals surface area contributed by atoms with E-state index < -0.39 is 0 Å². The van der Waals surface area contributed by atoms with Gasteiger partial charge in [-0.15, -0.1) is 0 Å². The van der Waals surface area contributed by atoms with E-state index in [1.54, 1.807) is 11.8 Å². The van der Waals surface area contributed by atoms with Crippen molar-refractivity contribution in [3.05, 3.63) is 29.3 Å². The summed E-state index contributed by atoms with van der Waals surface area (Å²) in [6.45, 7) is 1.78. The Hall–Kier alpha value is -1.44. The number of anilines is 1. The monoisotopic (exact) mass is 263 g/mol. The number of thioether (sulfide) groups is 1. The van der Waals surface area contributed by atoms with Crippen LogP contribution in [0.25, 0.3) is 0 Å². The lowest BCUT2D eigenvalue weighted by atomic mass is 10.1. The van der Waals surface area contributed by atoms with Crippen LogP contribution in [0, 0.1) is 18.8 Å². The van der Waals surface area contributed by atoms with Crippen molar-refractivity contribution in [2.75, 3.05) is 23.9 Å². The summed E-state index contributed by atoms with van der Waals surface area (Å²) in [6.07, 6.45) is 2.48. The van der Waals surface area contributed by atoms with Crippen LogP contribution in [0.5, 0.6) is 0 Å². The average molecular weight is 263 g/mol. The first kappa shape index (κ1) is 14.6. The van der Waals surface area contributed by atoms with Gasteiger partial charge in [0.15, 0.2) is 0 Å². The number of hydrogen-bond acceptors (Lipinski definition) is 3. The Morgan fingerprint density at radius 2 is 2.22 bits per heavy atom. The summed E-state index contributed by atoms with van der Waals surface area (Å²) < 4.78 is 0. The van der Waals surface area contributed by atoms with E-state index in [0.717, 1.165) is 22.6 Å². The number of hydrogen-bond donors (Lipinski definition) is 2. The number of benzene rings is 1. The van der Waals surface area contributed by atoms with Gasteiger partial charge in [0.1, 0.15) is 6.61 Å². The molecule has 0 aromatic heterocycles. The molecule has 3 nitrogen and oxygen atoms in total. The zero-order chi connectivity index (χ0) is 13.4. The van der Waals surface area contributed by atoms with Gasteiger partial charge in [0.05, 0.1) is 0 Å². The van der Waals surface area contributed by atoms with E-state index in [0.29, 0.717) is 6.42 Å². The molecule has 0 atom stereocenters. The standard InChI is InChI=1S/C14H17NO2S/c1-11-8-12(4-3-6-16)10-13(9-11)15-14(17)5-7-18-2/h8-10,16H,5-7H2,1-2H3,(H,15,17). The van der Waals surface area contributed by atoms with E-state index >= 15 is 0 Å². The molecule has 0 unspecified atom stereocenters. The van der Waals surface area contributed by atoms with E-state index in [4.69, 9.17) is 5.11 Å². The van der Waals surface area contributed by atoms with Crippen molar-refractivity contribution in [1.82, 2.24) is 0 Å². The Bertz CT molecular complexity index is 474. The van der Waals surface area contributed by atoms with Gasteiger partial charge in [0.2, 0.25) is 5.91 Å². The maximum atomic E-state index is 11.6. The quantitative estimate of drug-likeness (QED) is 0.817. The lowest BCUT2D eigenvalue weighted by molar-refractivity contribution is -0.115. The van der Waals surface area contributed by atoms with E-state index in [2.05, 4.69) is 17.2 Å². The summed E-state index contributed by atoms with van der Waals surface area (Å²) in [6, 6.07) is 5.63. The fraction of sp³-hybridized carbons (Fsp3) is 0.357. The van der Waals surface area contributed by atoms with Gasteiger partial charge in [-0.2, -0.15) is 11.8 Å². The molecule has 18 heavy (non-hydrogen) atoms. The van der Waals surface area contributed by atoms with Crippen LogP contribution < -0.4 is 5.32 Å². The number of aryl methyl sites for hydroxylation is 1. The second-order valence-electron chi connectivity index (χ2n) is 3.84. The van der Waals surface area contributed by atoms with Crippen LogP contribution in [0.1, 0.15) is 17.5 Å². The Balaban J connectivity index is 2.76. The highest BCUT2D eigenvalue weighted by Gasteiger charge is 2.03. The highest BCUT2D eigenvalue weighted by Crippen LogP contribution is 2.14. The molecule has 0 aliphatic carbocycles. The molecule has 96 valence electrons. The number of carbonyl (C=O) groups is 1. The van der Waals surface area contributed by atoms with E-state index in [9.17, 15) is 4.79 Å². The first-order valence-electron chi connectivity index (χ1n) is 5.66. The lowest BCUT2D eigenvalue weighted by Gasteiger charge is -2.06. The molecule has 4 heteroatoms. The molecule has 0 spiro atoms. The molecule has 0 bridgehead atoms. The van der Waals surface area contributed by atoms with Gasteiger partial charge in [-0.1, -0.05) is 11.8 Å². The van der Waals surface area contributed by atoms with E-state index in [-0.39, 0.29) is 12.5 Å². The second kappa shape index (κ2) is 7.80. The number of carbonyl (C=O) groups excluding carboxylic acids is 1. The summed E-state index contributed by atoms with van der Waals surface area (Å²) >= 11 is 1.65. The molecule has 1 amide bonds. The zero-order valence-electron chi connectivity index (χ0n) is 10.6. The first-order chi connectivity index (χ1) is 8.65. The van der Waals surface area contributed by atoms with Crippen molar-refractivity contribution < 1.29 is 9.90 Å². The Morgan fingerprint density at radius 1 is 1.44 bits per heavy atom. The fourth-order valence-electron chi connectivity index (χ4n) is 1.49. The molecule has 1 aromatic rings. The Kier molecular flexibility index (Phi) is 6.34. The summed E-state index contributed by atoms with van der Waals surface area (Å²) in [5, 5.41) is 11.5. The molecule has 0 radical (unpaired) electrons. The molecule has 0 aliphatic heterocycles. The van der Waals surface area contributed by atoms with Gasteiger partial charge in [-0.3, -0.25) is 4.79 Å². The van der Waals surface area contributed by atoms with Gasteiger partial charge >= 0.3 is 0 Å². The molecular weight excluding hydrogens is 246 g/mol. The molecule has 0 saturated heterocycles. The van der Waals surface area contributed by atoms with E-state index in [1.165, 1.54) is 0 Å². The normalized spacial score (nSPS) is 9.50. The number of aliphatic hydroxyl groups excluding tert-OH is 1. The summed E-state index contributed by atoms with van der Waals surface area (Å²) in [5.41, 5.74) is 2.58. The highest BCUT2D eigenvalue weighted by atomic mass is 32.2. The van der Waals surface area contributed by atoms with Crippen molar-refractivity contribution in [2.24, 2.45) is 0 Å². The van der Waals surface area contributed by atoms with Gasteiger partial charge in [-0.25, -0.2) is 0 Å². The maximum absolute atomic E-state index is 11.6. The van der Waals surface area contributed by atoms with Crippen LogP contribution in [0.4, 0.5) is 5.69 Å². The molecule has 0 saturated carbocycles. The number of nitrogens with one attached hydrogen (secondary N) is 1. The number of amides is 1. The summed E-state index contributed by atoms with van der Waals surface area (Å²) in [7, 11) is 0. The van der Waals surface area contributed by atoms with Crippen LogP contribution >= 0.6 is 11.8 Å². The van der Waals surface area contributed by atoms with Crippen molar-refractivity contribution in [1.29, 1.82) is 0 Å². The molecule has 1 rings (SSSR count). The SMILES string of the molecule is CSCCC(=O)Nc1cc(C)cc(C#CCO)c1. The van der Waals surface area contributed by atoms with Crippen molar-refractivity contribution in [3.8, 4) is 11.8 Å². The zero-order valence-corrected chi connectivity index (χ0v) is 11.4. The lowest BCUT2D eigenvalue weighted by Crippen LogP contribution is -2.12. The largest absolute Gasteiger partial charge is 0.384 e. The predicted molar refractivity (Wildman–Crippen MR) is 76.8 cm³/mol. The first-order valence-corrected chi connectivity index (χ1v) is 7.05. The summed E-state index contributed by atoms with van der Waals surface area (Å²) in [5.74, 6) is 6.26. The highest BCUT2D eigenvalue weighted by molar-refractivity contribution is 7.98. The smallest absolute Gasteiger partial charge is 0.225 e. The second-order valence-corrected chi connectivity index (χ2v) is 4.82. The van der Waals surface area contributed by atoms with Crippen LogP contribution in [0.3, 0.4) is 0 Å². The Labute approximate surface area is 112 Å². The topological polar surface area (TPSA) is 49.3 Å². The molecule has 0 fully saturated rings. The predicted octanol–water partition coefficient (Wildman–Crippen LogP) is 2.03. The minimum absolute atomic E-state index is 0.0102. The summed E-state index contributed by atoms with van der Waals surface area (Å²) in [4.78, 5) is 11.6. The van der Waals surface area contributed by atoms with Crippen molar-refractivity contribution in [2.45, 2.75) is 13.3 Å². The third-order valence-corrected chi connectivity index (χ3v) is 2.82. The van der Waals surface area contributed by atoms with Crippen LogP contribution in [-0.2, 0) is 4.79 Å². The Morgan fingerprint density at radius 3 is 2.89 bits per heavy atom. The van der Waals surface area contributed by atoms with Gasteiger partial charge < -0.3 is 10.4 Å². The maximum Gasteiger partial charge on any atom is 0.225 e. The molecule has 1 aromatic carbocycles. The van der Waals surface area contributed by atoms with Crippen LogP contribution in [0.2, 0.25) is 0 Å². The van der Waals surface area contributed by atoms with E-state index in [1.807, 2.05) is 31.4 Å². The van der Waals surface area contributed by atoms with Crippen molar-refractivity contribution in [3.63, 3.8) is 0 Å².